The minimum Gasteiger partial charge on any atom is -0.369 e. The van der Waals surface area contributed by atoms with Gasteiger partial charge in [0.1, 0.15) is 5.82 Å². The highest BCUT2D eigenvalue weighted by molar-refractivity contribution is 7.89. The van der Waals surface area contributed by atoms with E-state index in [0.29, 0.717) is 49.5 Å². The number of nitrogens with one attached hydrogen (secondary N) is 2. The van der Waals surface area contributed by atoms with Crippen LogP contribution in [0.4, 0.5) is 11.8 Å². The minimum absolute atomic E-state index is 0.351. The van der Waals surface area contributed by atoms with Gasteiger partial charge in [0.05, 0.1) is 16.5 Å². The van der Waals surface area contributed by atoms with Crippen molar-refractivity contribution in [1.82, 2.24) is 24.1 Å². The van der Waals surface area contributed by atoms with E-state index in [-0.39, 0.29) is 0 Å². The number of hydrogen-bond acceptors (Lipinski definition) is 8. The highest BCUT2D eigenvalue weighted by Gasteiger charge is 2.29. The summed E-state index contributed by atoms with van der Waals surface area (Å²) in [6.07, 6.45) is 3.33. The van der Waals surface area contributed by atoms with Crippen molar-refractivity contribution in [3.8, 4) is 0 Å². The number of nitrogens with two attached hydrogens (primary N) is 1. The van der Waals surface area contributed by atoms with Crippen molar-refractivity contribution in [3.05, 3.63) is 36.5 Å². The fourth-order valence-corrected chi connectivity index (χ4v) is 5.25. The zero-order chi connectivity index (χ0) is 21.8. The summed E-state index contributed by atoms with van der Waals surface area (Å²) in [5.74, 6) is 1.58. The van der Waals surface area contributed by atoms with Crippen molar-refractivity contribution in [3.63, 3.8) is 0 Å². The third kappa shape index (κ3) is 4.63. The van der Waals surface area contributed by atoms with E-state index in [1.165, 1.54) is 0 Å². The third-order valence-corrected chi connectivity index (χ3v) is 7.45. The van der Waals surface area contributed by atoms with Crippen molar-refractivity contribution < 1.29 is 8.42 Å². The average Bonchev–Trinajstić information content (AvgIpc) is 3.17. The highest BCUT2D eigenvalue weighted by atomic mass is 32.2. The fourth-order valence-electron chi connectivity index (χ4n) is 3.76. The van der Waals surface area contributed by atoms with E-state index < -0.39 is 10.0 Å². The Kier molecular flexibility index (Phi) is 6.35. The van der Waals surface area contributed by atoms with Crippen LogP contribution in [0.15, 0.2) is 41.4 Å². The number of sulfonamides is 1. The number of hydrogen-bond donors (Lipinski definition) is 3. The maximum atomic E-state index is 12.8. The Morgan fingerprint density at radius 2 is 1.87 bits per heavy atom. The molecule has 10 nitrogen and oxygen atoms in total. The van der Waals surface area contributed by atoms with Crippen molar-refractivity contribution in [2.75, 3.05) is 43.4 Å². The van der Waals surface area contributed by atoms with E-state index in [0.717, 1.165) is 29.7 Å². The lowest BCUT2D eigenvalue weighted by atomic mass is 9.98. The summed E-state index contributed by atoms with van der Waals surface area (Å²) < 4.78 is 28.9. The van der Waals surface area contributed by atoms with Gasteiger partial charge >= 0.3 is 0 Å². The Morgan fingerprint density at radius 3 is 2.58 bits per heavy atom. The van der Waals surface area contributed by atoms with E-state index in [1.807, 2.05) is 13.1 Å². The lowest BCUT2D eigenvalue weighted by Gasteiger charge is -2.31. The number of aryl methyl sites for hydroxylation is 1. The first kappa shape index (κ1) is 21.5. The number of aromatic nitrogens is 4. The summed E-state index contributed by atoms with van der Waals surface area (Å²) in [6, 6.07) is 8.61. The second-order valence-corrected chi connectivity index (χ2v) is 9.60. The molecule has 1 aliphatic heterocycles. The zero-order valence-electron chi connectivity index (χ0n) is 17.5. The van der Waals surface area contributed by atoms with Crippen LogP contribution in [0.3, 0.4) is 0 Å². The van der Waals surface area contributed by atoms with Crippen molar-refractivity contribution in [2.45, 2.75) is 17.7 Å². The topological polar surface area (TPSA) is 131 Å². The normalized spacial score (nSPS) is 15.9. The molecule has 0 aliphatic carbocycles. The Balaban J connectivity index is 1.40. The predicted molar refractivity (Wildman–Crippen MR) is 120 cm³/mol. The van der Waals surface area contributed by atoms with Gasteiger partial charge in [0.25, 0.3) is 0 Å². The van der Waals surface area contributed by atoms with Crippen LogP contribution < -0.4 is 16.4 Å². The van der Waals surface area contributed by atoms with Gasteiger partial charge in [-0.1, -0.05) is 18.2 Å². The minimum atomic E-state index is -3.43. The van der Waals surface area contributed by atoms with Crippen molar-refractivity contribution in [1.29, 1.82) is 0 Å². The Morgan fingerprint density at radius 1 is 1.13 bits per heavy atom. The maximum Gasteiger partial charge on any atom is 0.243 e. The van der Waals surface area contributed by atoms with E-state index in [4.69, 9.17) is 5.73 Å². The molecule has 11 heteroatoms. The van der Waals surface area contributed by atoms with Crippen molar-refractivity contribution >= 4 is 32.8 Å². The molecule has 31 heavy (non-hydrogen) atoms. The lowest BCUT2D eigenvalue weighted by molar-refractivity contribution is 0.282. The van der Waals surface area contributed by atoms with Gasteiger partial charge in [-0.05, 0) is 30.9 Å². The van der Waals surface area contributed by atoms with Gasteiger partial charge < -0.3 is 16.4 Å². The molecule has 0 amide bonds. The first-order valence-electron chi connectivity index (χ1n) is 10.4. The molecule has 0 bridgehead atoms. The van der Waals surface area contributed by atoms with Crippen LogP contribution in [-0.4, -0.2) is 65.2 Å². The van der Waals surface area contributed by atoms with Crippen LogP contribution in [0, 0.1) is 5.92 Å². The summed E-state index contributed by atoms with van der Waals surface area (Å²) in [6.45, 7) is 2.80. The number of rotatable bonds is 8. The molecule has 1 aromatic carbocycles. The van der Waals surface area contributed by atoms with Gasteiger partial charge in [0, 0.05) is 39.8 Å². The quantitative estimate of drug-likeness (QED) is 0.473. The molecule has 3 heterocycles. The predicted octanol–water partition coefficient (Wildman–Crippen LogP) is 1.25. The molecule has 0 atom stereocenters. The van der Waals surface area contributed by atoms with Gasteiger partial charge in [-0.3, -0.25) is 4.68 Å². The van der Waals surface area contributed by atoms with Crippen LogP contribution in [0.1, 0.15) is 12.8 Å². The molecule has 3 aromatic rings. The zero-order valence-corrected chi connectivity index (χ0v) is 18.3. The highest BCUT2D eigenvalue weighted by Crippen LogP contribution is 2.26. The molecular weight excluding hydrogens is 416 g/mol. The molecule has 1 fully saturated rings. The lowest BCUT2D eigenvalue weighted by Crippen LogP contribution is -2.39. The van der Waals surface area contributed by atoms with Gasteiger partial charge in [-0.25, -0.2) is 8.42 Å². The SMILES string of the molecule is Cn1ncc2c(NCC3CCN(S(=O)(=O)c4ccccc4)CC3)nc(NCCN)nc21. The molecule has 0 unspecified atom stereocenters. The largest absolute Gasteiger partial charge is 0.369 e. The summed E-state index contributed by atoms with van der Waals surface area (Å²) in [7, 11) is -1.59. The molecule has 0 radical (unpaired) electrons. The number of fused-ring (bicyclic) bond motifs is 1. The molecule has 4 rings (SSSR count). The summed E-state index contributed by atoms with van der Waals surface area (Å²) >= 11 is 0. The maximum absolute atomic E-state index is 12.8. The Hall–Kier alpha value is -2.76. The summed E-state index contributed by atoms with van der Waals surface area (Å²) in [4.78, 5) is 9.44. The Bertz CT molecular complexity index is 1120. The van der Waals surface area contributed by atoms with E-state index in [9.17, 15) is 8.42 Å². The van der Waals surface area contributed by atoms with Crippen molar-refractivity contribution in [2.24, 2.45) is 18.7 Å². The van der Waals surface area contributed by atoms with Gasteiger partial charge in [-0.2, -0.15) is 19.4 Å². The van der Waals surface area contributed by atoms with Crippen LogP contribution in [-0.2, 0) is 17.1 Å². The molecule has 1 aliphatic rings. The molecule has 4 N–H and O–H groups in total. The first-order chi connectivity index (χ1) is 15.0. The number of nitrogens with zero attached hydrogens (tertiary/aromatic N) is 5. The van der Waals surface area contributed by atoms with Crippen LogP contribution in [0.5, 0.6) is 0 Å². The number of anilines is 2. The number of piperidine rings is 1. The van der Waals surface area contributed by atoms with Crippen LogP contribution >= 0.6 is 0 Å². The molecule has 0 spiro atoms. The number of benzene rings is 1. The summed E-state index contributed by atoms with van der Waals surface area (Å²) in [5.41, 5.74) is 6.31. The van der Waals surface area contributed by atoms with E-state index in [1.54, 1.807) is 39.4 Å². The monoisotopic (exact) mass is 444 g/mol. The van der Waals surface area contributed by atoms with Gasteiger partial charge in [0.2, 0.25) is 16.0 Å². The third-order valence-electron chi connectivity index (χ3n) is 5.53. The fraction of sp³-hybridized carbons (Fsp3) is 0.450. The molecular formula is C20H28N8O2S. The molecule has 166 valence electrons. The van der Waals surface area contributed by atoms with E-state index >= 15 is 0 Å². The van der Waals surface area contributed by atoms with Crippen LogP contribution in [0.2, 0.25) is 0 Å². The summed E-state index contributed by atoms with van der Waals surface area (Å²) in [5, 5.41) is 11.7. The van der Waals surface area contributed by atoms with Gasteiger partial charge in [-0.15, -0.1) is 0 Å². The smallest absolute Gasteiger partial charge is 0.243 e. The standard InChI is InChI=1S/C20H28N8O2S/c1-27-19-17(14-24-27)18(25-20(26-19)22-10-9-21)23-13-15-7-11-28(12-8-15)31(29,30)16-5-3-2-4-6-16/h2-6,14-15H,7-13,21H2,1H3,(H2,22,23,25,26). The molecule has 2 aromatic heterocycles. The average molecular weight is 445 g/mol. The first-order valence-corrected chi connectivity index (χ1v) is 11.9. The molecule has 1 saturated heterocycles. The molecule has 0 saturated carbocycles. The van der Waals surface area contributed by atoms with Gasteiger partial charge in [0.15, 0.2) is 5.65 Å². The Labute approximate surface area is 181 Å². The van der Waals surface area contributed by atoms with Crippen LogP contribution in [0.25, 0.3) is 11.0 Å². The second kappa shape index (κ2) is 9.16. The van der Waals surface area contributed by atoms with E-state index in [2.05, 4.69) is 25.7 Å². The second-order valence-electron chi connectivity index (χ2n) is 7.66.